The van der Waals surface area contributed by atoms with Crippen molar-refractivity contribution in [2.24, 2.45) is 0 Å². The van der Waals surface area contributed by atoms with Gasteiger partial charge in [-0.2, -0.15) is 5.26 Å². The molecule has 4 rings (SSSR count). The van der Waals surface area contributed by atoms with E-state index in [2.05, 4.69) is 4.98 Å². The number of benzene rings is 2. The van der Waals surface area contributed by atoms with Gasteiger partial charge in [0.1, 0.15) is 24.2 Å². The topological polar surface area (TPSA) is 89.6 Å². The Hall–Kier alpha value is -4.06. The van der Waals surface area contributed by atoms with Crippen molar-refractivity contribution < 1.29 is 23.4 Å². The van der Waals surface area contributed by atoms with Crippen LogP contribution in [0.5, 0.6) is 17.2 Å². The van der Waals surface area contributed by atoms with E-state index in [1.54, 1.807) is 52.5 Å². The molecule has 0 aliphatic carbocycles. The van der Waals surface area contributed by atoms with E-state index in [-0.39, 0.29) is 23.2 Å². The minimum atomic E-state index is -0.613. The fraction of sp³-hybridized carbons (Fsp3) is 0.227. The lowest BCUT2D eigenvalue weighted by atomic mass is 10.2. The van der Waals surface area contributed by atoms with Crippen molar-refractivity contribution in [2.45, 2.75) is 6.42 Å². The van der Waals surface area contributed by atoms with Crippen LogP contribution in [0.2, 0.25) is 0 Å². The number of carbonyl (C=O) groups is 1. The third kappa shape index (κ3) is 4.75. The van der Waals surface area contributed by atoms with Crippen LogP contribution in [-0.4, -0.2) is 46.8 Å². The Morgan fingerprint density at radius 3 is 2.84 bits per heavy atom. The molecule has 9 heteroatoms. The summed E-state index contributed by atoms with van der Waals surface area (Å²) in [6.45, 7) is 1.83. The van der Waals surface area contributed by atoms with E-state index in [1.165, 1.54) is 12.1 Å². The normalized spacial score (nSPS) is 13.0. The number of carbonyl (C=O) groups excluding carboxylic acids is 1. The Morgan fingerprint density at radius 2 is 2.13 bits per heavy atom. The maximum atomic E-state index is 14.6. The number of amides is 1. The minimum Gasteiger partial charge on any atom is -0.493 e. The first kappa shape index (κ1) is 20.2. The summed E-state index contributed by atoms with van der Waals surface area (Å²) in [5, 5.41) is 9.35. The number of aromatic nitrogens is 2. The minimum absolute atomic E-state index is 0.0218. The number of rotatable bonds is 8. The lowest BCUT2D eigenvalue weighted by Gasteiger charge is -2.14. The smallest absolute Gasteiger partial charge is 0.409 e. The quantitative estimate of drug-likeness (QED) is 0.512. The molecular formula is C22H19FN4O4. The summed E-state index contributed by atoms with van der Waals surface area (Å²) in [4.78, 5) is 17.0. The molecule has 3 aromatic rings. The SMILES string of the molecule is N#Cc1ccc(-n2ccnc2)cc1Oc1ccc(OCCCN2CCOC2=O)cc1F. The highest BCUT2D eigenvalue weighted by Gasteiger charge is 2.20. The van der Waals surface area contributed by atoms with Gasteiger partial charge in [-0.15, -0.1) is 0 Å². The van der Waals surface area contributed by atoms with Crippen LogP contribution in [-0.2, 0) is 4.74 Å². The van der Waals surface area contributed by atoms with Gasteiger partial charge in [0.2, 0.25) is 0 Å². The second kappa shape index (κ2) is 9.17. The number of halogens is 1. The number of nitriles is 1. The second-order valence-electron chi connectivity index (χ2n) is 6.76. The molecule has 1 amide bonds. The summed E-state index contributed by atoms with van der Waals surface area (Å²) in [6, 6.07) is 11.3. The van der Waals surface area contributed by atoms with Crippen molar-refractivity contribution in [2.75, 3.05) is 26.3 Å². The predicted molar refractivity (Wildman–Crippen MR) is 108 cm³/mol. The number of hydrogen-bond acceptors (Lipinski definition) is 6. The molecule has 31 heavy (non-hydrogen) atoms. The summed E-state index contributed by atoms with van der Waals surface area (Å²) in [6.07, 6.45) is 5.28. The molecule has 0 bridgehead atoms. The van der Waals surface area contributed by atoms with E-state index in [1.807, 2.05) is 6.07 Å². The molecule has 1 aliphatic heterocycles. The van der Waals surface area contributed by atoms with Crippen LogP contribution in [0.4, 0.5) is 9.18 Å². The van der Waals surface area contributed by atoms with Crippen LogP contribution >= 0.6 is 0 Å². The lowest BCUT2D eigenvalue weighted by Crippen LogP contribution is -2.26. The average Bonchev–Trinajstić information content (AvgIpc) is 3.45. The molecule has 1 aliphatic rings. The van der Waals surface area contributed by atoms with Gasteiger partial charge in [0.05, 0.1) is 30.7 Å². The molecular weight excluding hydrogens is 403 g/mol. The maximum Gasteiger partial charge on any atom is 0.409 e. The van der Waals surface area contributed by atoms with Gasteiger partial charge >= 0.3 is 6.09 Å². The Kier molecular flexibility index (Phi) is 5.98. The molecule has 0 atom stereocenters. The predicted octanol–water partition coefficient (Wildman–Crippen LogP) is 3.90. The van der Waals surface area contributed by atoms with Gasteiger partial charge in [0.25, 0.3) is 0 Å². The summed E-state index contributed by atoms with van der Waals surface area (Å²) >= 11 is 0. The second-order valence-corrected chi connectivity index (χ2v) is 6.76. The van der Waals surface area contributed by atoms with E-state index in [0.29, 0.717) is 38.5 Å². The average molecular weight is 422 g/mol. The van der Waals surface area contributed by atoms with Gasteiger partial charge in [-0.25, -0.2) is 14.2 Å². The molecule has 0 spiro atoms. The fourth-order valence-corrected chi connectivity index (χ4v) is 3.11. The molecule has 1 fully saturated rings. The first-order valence-electron chi connectivity index (χ1n) is 9.68. The molecule has 8 nitrogen and oxygen atoms in total. The van der Waals surface area contributed by atoms with Crippen LogP contribution in [0.25, 0.3) is 5.69 Å². The van der Waals surface area contributed by atoms with Crippen LogP contribution in [0.15, 0.2) is 55.1 Å². The summed E-state index contributed by atoms with van der Waals surface area (Å²) in [5.41, 5.74) is 1.01. The maximum absolute atomic E-state index is 14.6. The zero-order valence-corrected chi connectivity index (χ0v) is 16.5. The van der Waals surface area contributed by atoms with Gasteiger partial charge in [0, 0.05) is 31.1 Å². The fourth-order valence-electron chi connectivity index (χ4n) is 3.11. The standard InChI is InChI=1S/C22H19FN4O4/c23-19-13-18(29-10-1-7-26-9-11-30-22(26)28)4-5-20(19)31-21-12-17(3-2-16(21)14-24)27-8-6-25-15-27/h2-6,8,12-13,15H,1,7,9-11H2. The van der Waals surface area contributed by atoms with Crippen LogP contribution in [0.3, 0.4) is 0 Å². The molecule has 0 N–H and O–H groups in total. The van der Waals surface area contributed by atoms with Gasteiger partial charge < -0.3 is 23.7 Å². The molecule has 2 aromatic carbocycles. The number of ether oxygens (including phenoxy) is 3. The third-order valence-electron chi connectivity index (χ3n) is 4.70. The molecule has 0 radical (unpaired) electrons. The lowest BCUT2D eigenvalue weighted by molar-refractivity contribution is 0.156. The highest BCUT2D eigenvalue weighted by Crippen LogP contribution is 2.31. The molecule has 2 heterocycles. The van der Waals surface area contributed by atoms with Gasteiger partial charge in [-0.1, -0.05) is 0 Å². The first-order valence-corrected chi connectivity index (χ1v) is 9.68. The Bertz CT molecular complexity index is 1110. The number of hydrogen-bond donors (Lipinski definition) is 0. The van der Waals surface area contributed by atoms with E-state index in [0.717, 1.165) is 5.69 Å². The van der Waals surface area contributed by atoms with Crippen molar-refractivity contribution in [1.29, 1.82) is 5.26 Å². The molecule has 0 saturated carbocycles. The van der Waals surface area contributed by atoms with Crippen LogP contribution < -0.4 is 9.47 Å². The number of cyclic esters (lactones) is 1. The van der Waals surface area contributed by atoms with Crippen molar-refractivity contribution >= 4 is 6.09 Å². The summed E-state index contributed by atoms with van der Waals surface area (Å²) in [5.74, 6) is -0.0516. The number of imidazole rings is 1. The molecule has 0 unspecified atom stereocenters. The van der Waals surface area contributed by atoms with Gasteiger partial charge in [-0.05, 0) is 30.7 Å². The van der Waals surface area contributed by atoms with Crippen molar-refractivity contribution in [3.05, 3.63) is 66.5 Å². The molecule has 158 valence electrons. The Labute approximate surface area is 178 Å². The Balaban J connectivity index is 1.40. The van der Waals surface area contributed by atoms with Crippen molar-refractivity contribution in [3.8, 4) is 29.0 Å². The van der Waals surface area contributed by atoms with Crippen LogP contribution in [0, 0.1) is 17.1 Å². The van der Waals surface area contributed by atoms with E-state index < -0.39 is 5.82 Å². The molecule has 1 aromatic heterocycles. The van der Waals surface area contributed by atoms with Crippen molar-refractivity contribution in [3.63, 3.8) is 0 Å². The third-order valence-corrected chi connectivity index (χ3v) is 4.70. The summed E-state index contributed by atoms with van der Waals surface area (Å²) < 4.78 is 32.4. The highest BCUT2D eigenvalue weighted by molar-refractivity contribution is 5.69. The van der Waals surface area contributed by atoms with E-state index in [9.17, 15) is 14.4 Å². The first-order chi connectivity index (χ1) is 15.1. The van der Waals surface area contributed by atoms with Crippen LogP contribution in [0.1, 0.15) is 12.0 Å². The summed E-state index contributed by atoms with van der Waals surface area (Å²) in [7, 11) is 0. The monoisotopic (exact) mass is 422 g/mol. The zero-order valence-electron chi connectivity index (χ0n) is 16.5. The van der Waals surface area contributed by atoms with Gasteiger partial charge in [0.15, 0.2) is 11.6 Å². The number of nitrogens with zero attached hydrogens (tertiary/aromatic N) is 4. The largest absolute Gasteiger partial charge is 0.493 e. The van der Waals surface area contributed by atoms with E-state index in [4.69, 9.17) is 14.2 Å². The van der Waals surface area contributed by atoms with E-state index >= 15 is 0 Å². The Morgan fingerprint density at radius 1 is 1.23 bits per heavy atom. The highest BCUT2D eigenvalue weighted by atomic mass is 19.1. The zero-order chi connectivity index (χ0) is 21.6. The molecule has 1 saturated heterocycles. The van der Waals surface area contributed by atoms with Gasteiger partial charge in [-0.3, -0.25) is 0 Å². The van der Waals surface area contributed by atoms with Crippen molar-refractivity contribution in [1.82, 2.24) is 14.5 Å².